The number of carbonyl (C=O) groups is 3. The number of hydrazine groups is 1. The van der Waals surface area contributed by atoms with Crippen LogP contribution in [0.3, 0.4) is 0 Å². The predicted octanol–water partition coefficient (Wildman–Crippen LogP) is 2.37. The van der Waals surface area contributed by atoms with Gasteiger partial charge in [0.25, 0.3) is 17.7 Å². The molecule has 2 aromatic rings. The minimum Gasteiger partial charge on any atom is -0.343 e. The molecule has 3 amide bonds. The maximum atomic E-state index is 12.2. The van der Waals surface area contributed by atoms with E-state index in [9.17, 15) is 14.4 Å². The summed E-state index contributed by atoms with van der Waals surface area (Å²) in [6, 6.07) is 8.97. The summed E-state index contributed by atoms with van der Waals surface area (Å²) in [6.07, 6.45) is 3.15. The van der Waals surface area contributed by atoms with E-state index >= 15 is 0 Å². The second-order valence-corrected chi connectivity index (χ2v) is 8.09. The van der Waals surface area contributed by atoms with Crippen molar-refractivity contribution in [2.45, 2.75) is 33.1 Å². The van der Waals surface area contributed by atoms with Gasteiger partial charge in [-0.1, -0.05) is 24.6 Å². The molecule has 0 aliphatic heterocycles. The number of hydrogen-bond donors (Lipinski definition) is 3. The molecule has 0 saturated carbocycles. The van der Waals surface area contributed by atoms with Gasteiger partial charge in [-0.15, -0.1) is 11.3 Å². The van der Waals surface area contributed by atoms with Crippen LogP contribution in [0.2, 0.25) is 0 Å². The van der Waals surface area contributed by atoms with Gasteiger partial charge in [0, 0.05) is 10.4 Å². The van der Waals surface area contributed by atoms with Gasteiger partial charge in [0.05, 0.1) is 11.4 Å². The molecule has 1 aromatic heterocycles. The third-order valence-electron chi connectivity index (χ3n) is 4.59. The van der Waals surface area contributed by atoms with Crippen LogP contribution in [0.1, 0.15) is 49.4 Å². The van der Waals surface area contributed by atoms with E-state index in [4.69, 9.17) is 0 Å². The first-order chi connectivity index (χ1) is 12.9. The lowest BCUT2D eigenvalue weighted by molar-refractivity contribution is -0.120. The van der Waals surface area contributed by atoms with Crippen molar-refractivity contribution in [3.05, 3.63) is 56.8 Å². The van der Waals surface area contributed by atoms with Gasteiger partial charge < -0.3 is 5.32 Å². The molecule has 1 aliphatic carbocycles. The van der Waals surface area contributed by atoms with Gasteiger partial charge in [0.15, 0.2) is 0 Å². The number of hydrogen-bond acceptors (Lipinski definition) is 4. The largest absolute Gasteiger partial charge is 0.343 e. The molecular formula is C20H23N3O3S. The lowest BCUT2D eigenvalue weighted by Gasteiger charge is -2.16. The molecule has 0 spiro atoms. The number of fused-ring (bicyclic) bond motifs is 1. The molecule has 6 nitrogen and oxygen atoms in total. The van der Waals surface area contributed by atoms with Crippen LogP contribution in [0.25, 0.3) is 0 Å². The van der Waals surface area contributed by atoms with Crippen LogP contribution in [0.4, 0.5) is 0 Å². The molecule has 27 heavy (non-hydrogen) atoms. The van der Waals surface area contributed by atoms with Crippen LogP contribution in [0.5, 0.6) is 0 Å². The maximum absolute atomic E-state index is 12.2. The van der Waals surface area contributed by atoms with Gasteiger partial charge in [-0.2, -0.15) is 0 Å². The topological polar surface area (TPSA) is 87.3 Å². The van der Waals surface area contributed by atoms with Crippen molar-refractivity contribution in [3.8, 4) is 0 Å². The summed E-state index contributed by atoms with van der Waals surface area (Å²) < 4.78 is 0. The Bertz CT molecular complexity index is 858. The Hall–Kier alpha value is -2.67. The third kappa shape index (κ3) is 4.95. The highest BCUT2D eigenvalue weighted by Gasteiger charge is 2.20. The molecule has 3 rings (SSSR count). The zero-order valence-corrected chi connectivity index (χ0v) is 16.2. The lowest BCUT2D eigenvalue weighted by atomic mass is 9.90. The third-order valence-corrected chi connectivity index (χ3v) is 5.83. The Morgan fingerprint density at radius 3 is 2.59 bits per heavy atom. The van der Waals surface area contributed by atoms with E-state index in [-0.39, 0.29) is 18.4 Å². The number of nitrogens with one attached hydrogen (secondary N) is 3. The second kappa shape index (κ2) is 8.35. The fourth-order valence-electron chi connectivity index (χ4n) is 3.02. The molecule has 0 saturated heterocycles. The minimum atomic E-state index is -0.487. The summed E-state index contributed by atoms with van der Waals surface area (Å²) in [5.74, 6) is -0.518. The molecule has 7 heteroatoms. The fraction of sp³-hybridized carbons (Fsp3) is 0.350. The van der Waals surface area contributed by atoms with Crippen LogP contribution in [0, 0.1) is 12.8 Å². The molecule has 0 bridgehead atoms. The van der Waals surface area contributed by atoms with Gasteiger partial charge in [0.1, 0.15) is 0 Å². The summed E-state index contributed by atoms with van der Waals surface area (Å²) in [4.78, 5) is 37.9. The van der Waals surface area contributed by atoms with Gasteiger partial charge in [-0.25, -0.2) is 0 Å². The Balaban J connectivity index is 1.45. The summed E-state index contributed by atoms with van der Waals surface area (Å²) in [6.45, 7) is 3.93. The predicted molar refractivity (Wildman–Crippen MR) is 105 cm³/mol. The number of rotatable bonds is 4. The van der Waals surface area contributed by atoms with E-state index in [1.807, 2.05) is 25.1 Å². The van der Waals surface area contributed by atoms with Crippen LogP contribution in [-0.4, -0.2) is 24.3 Å². The highest BCUT2D eigenvalue weighted by atomic mass is 32.1. The Morgan fingerprint density at radius 1 is 1.11 bits per heavy atom. The fourth-order valence-corrected chi connectivity index (χ4v) is 4.12. The summed E-state index contributed by atoms with van der Waals surface area (Å²) in [5.41, 5.74) is 7.52. The average molecular weight is 385 g/mol. The molecule has 1 unspecified atom stereocenters. The van der Waals surface area contributed by atoms with Gasteiger partial charge in [0.2, 0.25) is 0 Å². The highest BCUT2D eigenvalue weighted by molar-refractivity contribution is 7.14. The normalized spacial score (nSPS) is 15.6. The maximum Gasteiger partial charge on any atom is 0.279 e. The van der Waals surface area contributed by atoms with Crippen molar-refractivity contribution in [1.29, 1.82) is 0 Å². The smallest absolute Gasteiger partial charge is 0.279 e. The van der Waals surface area contributed by atoms with Crippen molar-refractivity contribution in [2.75, 3.05) is 6.54 Å². The van der Waals surface area contributed by atoms with Crippen molar-refractivity contribution in [1.82, 2.24) is 16.2 Å². The molecular weight excluding hydrogens is 362 g/mol. The molecule has 0 radical (unpaired) electrons. The molecule has 1 aliphatic rings. The Morgan fingerprint density at radius 2 is 1.85 bits per heavy atom. The monoisotopic (exact) mass is 385 g/mol. The van der Waals surface area contributed by atoms with Gasteiger partial charge in [-0.05, 0) is 55.9 Å². The second-order valence-electron chi connectivity index (χ2n) is 6.96. The zero-order valence-electron chi connectivity index (χ0n) is 15.4. The first kappa shape index (κ1) is 19.1. The number of aryl methyl sites for hydroxylation is 2. The van der Waals surface area contributed by atoms with E-state index in [1.54, 1.807) is 12.1 Å². The molecule has 1 atom stereocenters. The van der Waals surface area contributed by atoms with E-state index in [1.165, 1.54) is 21.8 Å². The molecule has 0 fully saturated rings. The van der Waals surface area contributed by atoms with Gasteiger partial charge >= 0.3 is 0 Å². The number of amides is 3. The minimum absolute atomic E-state index is 0.217. The highest BCUT2D eigenvalue weighted by Crippen LogP contribution is 2.32. The Labute approximate surface area is 162 Å². The van der Waals surface area contributed by atoms with E-state index < -0.39 is 5.91 Å². The van der Waals surface area contributed by atoms with E-state index in [2.05, 4.69) is 23.1 Å². The van der Waals surface area contributed by atoms with Crippen molar-refractivity contribution in [2.24, 2.45) is 5.92 Å². The first-order valence-corrected chi connectivity index (χ1v) is 9.79. The standard InChI is InChI=1S/C20H23N3O3S/c1-12-3-6-14(7-4-12)19(25)21-11-18(24)22-23-20(26)17-10-15-9-13(2)5-8-16(15)27-17/h3-4,6-7,10,13H,5,8-9,11H2,1-2H3,(H,21,25)(H,22,24)(H,23,26). The van der Waals surface area contributed by atoms with Crippen molar-refractivity contribution >= 4 is 29.1 Å². The molecule has 142 valence electrons. The quantitative estimate of drug-likeness (QED) is 0.706. The molecule has 1 heterocycles. The molecule has 1 aromatic carbocycles. The SMILES string of the molecule is Cc1ccc(C(=O)NCC(=O)NNC(=O)c2cc3c(s2)CCC(C)C3)cc1. The van der Waals surface area contributed by atoms with E-state index in [0.29, 0.717) is 16.4 Å². The first-order valence-electron chi connectivity index (χ1n) is 8.98. The summed E-state index contributed by atoms with van der Waals surface area (Å²) in [5, 5.41) is 2.53. The molecule has 3 N–H and O–H groups in total. The zero-order chi connectivity index (χ0) is 19.4. The van der Waals surface area contributed by atoms with Crippen LogP contribution >= 0.6 is 11.3 Å². The average Bonchev–Trinajstić information content (AvgIpc) is 3.08. The number of carbonyl (C=O) groups excluding carboxylic acids is 3. The van der Waals surface area contributed by atoms with E-state index in [0.717, 1.165) is 24.8 Å². The number of benzene rings is 1. The van der Waals surface area contributed by atoms with Crippen molar-refractivity contribution in [3.63, 3.8) is 0 Å². The van der Waals surface area contributed by atoms with Crippen LogP contribution in [-0.2, 0) is 17.6 Å². The van der Waals surface area contributed by atoms with Crippen LogP contribution in [0.15, 0.2) is 30.3 Å². The van der Waals surface area contributed by atoms with Crippen LogP contribution < -0.4 is 16.2 Å². The lowest BCUT2D eigenvalue weighted by Crippen LogP contribution is -2.46. The summed E-state index contributed by atoms with van der Waals surface area (Å²) >= 11 is 1.48. The summed E-state index contributed by atoms with van der Waals surface area (Å²) in [7, 11) is 0. The van der Waals surface area contributed by atoms with Crippen molar-refractivity contribution < 1.29 is 14.4 Å². The van der Waals surface area contributed by atoms with Gasteiger partial charge in [-0.3, -0.25) is 25.2 Å². The number of thiophene rings is 1. The Kier molecular flexibility index (Phi) is 5.91.